The molecule has 4 N–H and O–H groups in total. The lowest BCUT2D eigenvalue weighted by atomic mass is 10.2. The molecule has 0 amide bonds. The third-order valence-electron chi connectivity index (χ3n) is 2.28. The zero-order valence-corrected chi connectivity index (χ0v) is 10.2. The van der Waals surface area contributed by atoms with Crippen LogP contribution in [0.15, 0.2) is 24.3 Å². The third-order valence-corrected chi connectivity index (χ3v) is 3.49. The summed E-state index contributed by atoms with van der Waals surface area (Å²) in [6, 6.07) is 6.94. The molecular weight excluding hydrogens is 226 g/mol. The summed E-state index contributed by atoms with van der Waals surface area (Å²) in [4.78, 5) is 0. The highest BCUT2D eigenvalue weighted by atomic mass is 32.2. The first kappa shape index (κ1) is 13.0. The molecule has 5 nitrogen and oxygen atoms in total. The summed E-state index contributed by atoms with van der Waals surface area (Å²) in [5, 5.41) is 5.14. The minimum atomic E-state index is -3.70. The molecule has 0 fully saturated rings. The summed E-state index contributed by atoms with van der Waals surface area (Å²) < 4.78 is 23.9. The lowest BCUT2D eigenvalue weighted by Gasteiger charge is -2.23. The summed E-state index contributed by atoms with van der Waals surface area (Å²) in [6.07, 6.45) is 0. The Morgan fingerprint density at radius 1 is 1.31 bits per heavy atom. The quantitative estimate of drug-likeness (QED) is 0.762. The van der Waals surface area contributed by atoms with Gasteiger partial charge < -0.3 is 5.73 Å². The number of hydrogen-bond acceptors (Lipinski definition) is 3. The van der Waals surface area contributed by atoms with Gasteiger partial charge in [-0.1, -0.05) is 18.2 Å². The van der Waals surface area contributed by atoms with Crippen molar-refractivity contribution in [2.45, 2.75) is 26.4 Å². The Morgan fingerprint density at radius 2 is 1.88 bits per heavy atom. The fourth-order valence-corrected chi connectivity index (χ4v) is 2.32. The maximum absolute atomic E-state index is 11.4. The number of anilines is 1. The van der Waals surface area contributed by atoms with Crippen LogP contribution in [0.1, 0.15) is 19.4 Å². The van der Waals surface area contributed by atoms with Gasteiger partial charge in [0.2, 0.25) is 0 Å². The molecule has 1 rings (SSSR count). The van der Waals surface area contributed by atoms with E-state index in [0.717, 1.165) is 5.56 Å². The average Bonchev–Trinajstić information content (AvgIpc) is 2.14. The van der Waals surface area contributed by atoms with E-state index < -0.39 is 10.2 Å². The number of nitrogens with zero attached hydrogens (tertiary/aromatic N) is 1. The molecule has 0 aliphatic heterocycles. The van der Waals surface area contributed by atoms with Crippen molar-refractivity contribution in [2.24, 2.45) is 5.14 Å². The number of para-hydroxylation sites is 1. The van der Waals surface area contributed by atoms with Crippen LogP contribution < -0.4 is 10.9 Å². The van der Waals surface area contributed by atoms with Crippen molar-refractivity contribution in [3.05, 3.63) is 29.8 Å². The predicted octanol–water partition coefficient (Wildman–Crippen LogP) is 0.683. The first-order chi connectivity index (χ1) is 7.32. The molecular formula is C10H17N3O2S. The molecule has 0 saturated heterocycles. The summed E-state index contributed by atoms with van der Waals surface area (Å²) >= 11 is 0. The number of hydrogen-bond donors (Lipinski definition) is 2. The molecule has 0 heterocycles. The lowest BCUT2D eigenvalue weighted by Crippen LogP contribution is -2.40. The highest BCUT2D eigenvalue weighted by Gasteiger charge is 2.21. The molecule has 16 heavy (non-hydrogen) atoms. The van der Waals surface area contributed by atoms with Crippen LogP contribution in [0.4, 0.5) is 5.69 Å². The predicted molar refractivity (Wildman–Crippen MR) is 64.6 cm³/mol. The Morgan fingerprint density at radius 3 is 2.31 bits per heavy atom. The zero-order valence-electron chi connectivity index (χ0n) is 9.42. The number of benzene rings is 1. The monoisotopic (exact) mass is 243 g/mol. The molecule has 0 spiro atoms. The van der Waals surface area contributed by atoms with E-state index >= 15 is 0 Å². The Balaban J connectivity index is 2.98. The SMILES string of the molecule is CC(C)N(Cc1ccccc1N)S(N)(=O)=O. The van der Waals surface area contributed by atoms with E-state index in [4.69, 9.17) is 10.9 Å². The Bertz CT molecular complexity index is 457. The fourth-order valence-electron chi connectivity index (χ4n) is 1.41. The number of rotatable bonds is 4. The molecule has 0 saturated carbocycles. The Kier molecular flexibility index (Phi) is 3.90. The van der Waals surface area contributed by atoms with Gasteiger partial charge in [-0.3, -0.25) is 0 Å². The van der Waals surface area contributed by atoms with E-state index in [1.54, 1.807) is 32.0 Å². The van der Waals surface area contributed by atoms with Crippen LogP contribution in [0.3, 0.4) is 0 Å². The first-order valence-electron chi connectivity index (χ1n) is 4.95. The van der Waals surface area contributed by atoms with Gasteiger partial charge in [-0.25, -0.2) is 5.14 Å². The van der Waals surface area contributed by atoms with E-state index in [9.17, 15) is 8.42 Å². The molecule has 0 radical (unpaired) electrons. The molecule has 0 aliphatic carbocycles. The van der Waals surface area contributed by atoms with Crippen molar-refractivity contribution in [2.75, 3.05) is 5.73 Å². The van der Waals surface area contributed by atoms with Crippen molar-refractivity contribution in [1.29, 1.82) is 0 Å². The molecule has 90 valence electrons. The van der Waals surface area contributed by atoms with Gasteiger partial charge in [-0.05, 0) is 25.5 Å². The lowest BCUT2D eigenvalue weighted by molar-refractivity contribution is 0.349. The number of nitrogen functional groups attached to an aromatic ring is 1. The van der Waals surface area contributed by atoms with Crippen LogP contribution >= 0.6 is 0 Å². The Labute approximate surface area is 96.2 Å². The second kappa shape index (κ2) is 4.82. The van der Waals surface area contributed by atoms with Crippen LogP contribution in [0.2, 0.25) is 0 Å². The maximum atomic E-state index is 11.4. The highest BCUT2D eigenvalue weighted by molar-refractivity contribution is 7.86. The van der Waals surface area contributed by atoms with Gasteiger partial charge in [0.1, 0.15) is 0 Å². The van der Waals surface area contributed by atoms with Crippen LogP contribution in [0.5, 0.6) is 0 Å². The van der Waals surface area contributed by atoms with Crippen LogP contribution in [0, 0.1) is 0 Å². The molecule has 1 aromatic rings. The standard InChI is InChI=1S/C10H17N3O2S/c1-8(2)13(16(12,14)15)7-9-5-3-4-6-10(9)11/h3-6,8H,7,11H2,1-2H3,(H2,12,14,15). The van der Waals surface area contributed by atoms with E-state index in [1.807, 2.05) is 6.07 Å². The molecule has 0 aliphatic rings. The van der Waals surface area contributed by atoms with E-state index in [2.05, 4.69) is 0 Å². The minimum absolute atomic E-state index is 0.198. The second-order valence-corrected chi connectivity index (χ2v) is 5.38. The van der Waals surface area contributed by atoms with Gasteiger partial charge >= 0.3 is 0 Å². The highest BCUT2D eigenvalue weighted by Crippen LogP contribution is 2.16. The fraction of sp³-hybridized carbons (Fsp3) is 0.400. The smallest absolute Gasteiger partial charge is 0.277 e. The van der Waals surface area contributed by atoms with Crippen molar-refractivity contribution in [1.82, 2.24) is 4.31 Å². The summed E-state index contributed by atoms with van der Waals surface area (Å²) in [5.74, 6) is 0. The van der Waals surface area contributed by atoms with Gasteiger partial charge in [0.05, 0.1) is 0 Å². The minimum Gasteiger partial charge on any atom is -0.398 e. The summed E-state index contributed by atoms with van der Waals surface area (Å²) in [6.45, 7) is 3.73. The van der Waals surface area contributed by atoms with Gasteiger partial charge in [-0.2, -0.15) is 12.7 Å². The molecule has 6 heteroatoms. The van der Waals surface area contributed by atoms with Crippen molar-refractivity contribution in [3.8, 4) is 0 Å². The van der Waals surface area contributed by atoms with E-state index in [0.29, 0.717) is 5.69 Å². The van der Waals surface area contributed by atoms with E-state index in [1.165, 1.54) is 4.31 Å². The first-order valence-corrected chi connectivity index (χ1v) is 6.45. The summed E-state index contributed by atoms with van der Waals surface area (Å²) in [7, 11) is -3.70. The van der Waals surface area contributed by atoms with Crippen LogP contribution in [-0.4, -0.2) is 18.8 Å². The van der Waals surface area contributed by atoms with Crippen molar-refractivity contribution >= 4 is 15.9 Å². The van der Waals surface area contributed by atoms with Gasteiger partial charge in [0.25, 0.3) is 10.2 Å². The largest absolute Gasteiger partial charge is 0.398 e. The van der Waals surface area contributed by atoms with Crippen molar-refractivity contribution in [3.63, 3.8) is 0 Å². The average molecular weight is 243 g/mol. The topological polar surface area (TPSA) is 89.4 Å². The van der Waals surface area contributed by atoms with Gasteiger partial charge in [0.15, 0.2) is 0 Å². The Hall–Kier alpha value is -1.11. The third kappa shape index (κ3) is 3.19. The molecule has 0 aromatic heterocycles. The molecule has 0 bridgehead atoms. The van der Waals surface area contributed by atoms with E-state index in [-0.39, 0.29) is 12.6 Å². The normalized spacial score (nSPS) is 12.3. The van der Waals surface area contributed by atoms with Crippen molar-refractivity contribution < 1.29 is 8.42 Å². The maximum Gasteiger partial charge on any atom is 0.277 e. The zero-order chi connectivity index (χ0) is 12.3. The molecule has 1 aromatic carbocycles. The number of nitrogens with two attached hydrogens (primary N) is 2. The molecule has 0 atom stereocenters. The second-order valence-electron chi connectivity index (χ2n) is 3.88. The van der Waals surface area contributed by atoms with Crippen LogP contribution in [0.25, 0.3) is 0 Å². The van der Waals surface area contributed by atoms with Gasteiger partial charge in [-0.15, -0.1) is 0 Å². The molecule has 0 unspecified atom stereocenters. The summed E-state index contributed by atoms with van der Waals surface area (Å²) in [5.41, 5.74) is 7.07. The van der Waals surface area contributed by atoms with Gasteiger partial charge in [0, 0.05) is 18.3 Å². The van der Waals surface area contributed by atoms with Crippen LogP contribution in [-0.2, 0) is 16.8 Å².